The molecule has 2 aromatic rings. The zero-order chi connectivity index (χ0) is 15.9. The molecule has 0 aliphatic rings. The number of halogens is 1. The fraction of sp³-hybridized carbons (Fsp3) is 0.0667. The van der Waals surface area contributed by atoms with Crippen LogP contribution in [0.4, 0.5) is 21.0 Å². The first-order chi connectivity index (χ1) is 10.6. The Morgan fingerprint density at radius 3 is 2.55 bits per heavy atom. The molecule has 0 aliphatic heterocycles. The number of rotatable bonds is 3. The van der Waals surface area contributed by atoms with Crippen LogP contribution in [0.15, 0.2) is 48.5 Å². The van der Waals surface area contributed by atoms with Crippen molar-refractivity contribution in [3.63, 3.8) is 0 Å². The number of hydrogen-bond donors (Lipinski definition) is 3. The van der Waals surface area contributed by atoms with E-state index in [4.69, 9.17) is 16.3 Å². The van der Waals surface area contributed by atoms with Crippen molar-refractivity contribution in [2.45, 2.75) is 0 Å². The van der Waals surface area contributed by atoms with Crippen LogP contribution in [0.2, 0.25) is 5.02 Å². The maximum absolute atomic E-state index is 11.8. The minimum Gasteiger partial charge on any atom is -0.410 e. The maximum Gasteiger partial charge on any atom is 0.417 e. The van der Waals surface area contributed by atoms with Gasteiger partial charge in [-0.05, 0) is 24.3 Å². The fourth-order valence-electron chi connectivity index (χ4n) is 1.64. The van der Waals surface area contributed by atoms with E-state index >= 15 is 0 Å². The van der Waals surface area contributed by atoms with Gasteiger partial charge in [-0.2, -0.15) is 0 Å². The smallest absolute Gasteiger partial charge is 0.410 e. The normalized spacial score (nSPS) is 9.73. The van der Waals surface area contributed by atoms with E-state index in [-0.39, 0.29) is 6.03 Å². The van der Waals surface area contributed by atoms with Gasteiger partial charge >= 0.3 is 12.1 Å². The van der Waals surface area contributed by atoms with Gasteiger partial charge in [-0.25, -0.2) is 9.59 Å². The molecule has 22 heavy (non-hydrogen) atoms. The summed E-state index contributed by atoms with van der Waals surface area (Å²) in [6.45, 7) is 0. The standard InChI is InChI=1S/C15H14ClN3O3/c1-17-14(20)18-10-5-4-6-11(9-10)22-15(21)19-13-8-3-2-7-12(13)16/h2-9H,1H3,(H,19,21)(H2,17,18,20). The van der Waals surface area contributed by atoms with E-state index in [0.29, 0.717) is 22.1 Å². The molecule has 0 aromatic heterocycles. The number of amides is 3. The van der Waals surface area contributed by atoms with Crippen molar-refractivity contribution in [1.82, 2.24) is 5.32 Å². The lowest BCUT2D eigenvalue weighted by Gasteiger charge is -2.09. The summed E-state index contributed by atoms with van der Waals surface area (Å²) >= 11 is 5.95. The van der Waals surface area contributed by atoms with Crippen LogP contribution < -0.4 is 20.7 Å². The van der Waals surface area contributed by atoms with Crippen LogP contribution in [-0.2, 0) is 0 Å². The van der Waals surface area contributed by atoms with Crippen molar-refractivity contribution in [2.24, 2.45) is 0 Å². The van der Waals surface area contributed by atoms with Crippen molar-refractivity contribution in [3.8, 4) is 5.75 Å². The second-order valence-corrected chi connectivity index (χ2v) is 4.63. The summed E-state index contributed by atoms with van der Waals surface area (Å²) in [5.41, 5.74) is 0.955. The summed E-state index contributed by atoms with van der Waals surface area (Å²) < 4.78 is 5.15. The number of carbonyl (C=O) groups excluding carboxylic acids is 2. The quantitative estimate of drug-likeness (QED) is 0.807. The van der Waals surface area contributed by atoms with E-state index in [9.17, 15) is 9.59 Å². The molecule has 6 nitrogen and oxygen atoms in total. The highest BCUT2D eigenvalue weighted by Gasteiger charge is 2.08. The van der Waals surface area contributed by atoms with Gasteiger partial charge in [0, 0.05) is 18.8 Å². The van der Waals surface area contributed by atoms with Crippen LogP contribution >= 0.6 is 11.6 Å². The molecule has 2 rings (SSSR count). The topological polar surface area (TPSA) is 79.5 Å². The third-order valence-electron chi connectivity index (χ3n) is 2.64. The van der Waals surface area contributed by atoms with Crippen molar-refractivity contribution < 1.29 is 14.3 Å². The number of urea groups is 1. The first-order valence-corrected chi connectivity index (χ1v) is 6.78. The summed E-state index contributed by atoms with van der Waals surface area (Å²) in [4.78, 5) is 23.1. The average Bonchev–Trinajstić information content (AvgIpc) is 2.50. The molecule has 7 heteroatoms. The molecule has 0 radical (unpaired) electrons. The summed E-state index contributed by atoms with van der Waals surface area (Å²) in [7, 11) is 1.51. The number of para-hydroxylation sites is 1. The molecule has 3 amide bonds. The number of nitrogens with one attached hydrogen (secondary N) is 3. The minimum atomic E-state index is -0.676. The lowest BCUT2D eigenvalue weighted by Crippen LogP contribution is -2.24. The summed E-state index contributed by atoms with van der Waals surface area (Å²) in [5.74, 6) is 0.290. The van der Waals surface area contributed by atoms with Crippen molar-refractivity contribution in [1.29, 1.82) is 0 Å². The van der Waals surface area contributed by atoms with E-state index < -0.39 is 6.09 Å². The Labute approximate surface area is 132 Å². The maximum atomic E-state index is 11.8. The minimum absolute atomic E-state index is 0.290. The monoisotopic (exact) mass is 319 g/mol. The largest absolute Gasteiger partial charge is 0.417 e. The molecule has 0 aliphatic carbocycles. The molecule has 0 heterocycles. The first-order valence-electron chi connectivity index (χ1n) is 6.40. The summed E-state index contributed by atoms with van der Waals surface area (Å²) in [6, 6.07) is 12.9. The fourth-order valence-corrected chi connectivity index (χ4v) is 1.82. The predicted molar refractivity (Wildman–Crippen MR) is 85.6 cm³/mol. The zero-order valence-electron chi connectivity index (χ0n) is 11.7. The first kappa shape index (κ1) is 15.7. The average molecular weight is 320 g/mol. The van der Waals surface area contributed by atoms with E-state index in [0.717, 1.165) is 0 Å². The molecular weight excluding hydrogens is 306 g/mol. The van der Waals surface area contributed by atoms with Gasteiger partial charge in [0.25, 0.3) is 0 Å². The van der Waals surface area contributed by atoms with Gasteiger partial charge in [0.2, 0.25) is 0 Å². The third-order valence-corrected chi connectivity index (χ3v) is 2.97. The van der Waals surface area contributed by atoms with Gasteiger partial charge in [-0.15, -0.1) is 0 Å². The molecular formula is C15H14ClN3O3. The number of carbonyl (C=O) groups is 2. The number of ether oxygens (including phenoxy) is 1. The van der Waals surface area contributed by atoms with Crippen LogP contribution in [-0.4, -0.2) is 19.2 Å². The highest BCUT2D eigenvalue weighted by molar-refractivity contribution is 6.33. The zero-order valence-corrected chi connectivity index (χ0v) is 12.5. The molecule has 0 atom stereocenters. The number of benzene rings is 2. The Morgan fingerprint density at radius 1 is 1.05 bits per heavy atom. The van der Waals surface area contributed by atoms with Crippen molar-refractivity contribution in [2.75, 3.05) is 17.7 Å². The molecule has 3 N–H and O–H groups in total. The second kappa shape index (κ2) is 7.33. The van der Waals surface area contributed by atoms with Gasteiger partial charge in [0.1, 0.15) is 5.75 Å². The molecule has 0 fully saturated rings. The van der Waals surface area contributed by atoms with Gasteiger partial charge in [-0.1, -0.05) is 29.8 Å². The number of hydrogen-bond acceptors (Lipinski definition) is 3. The Balaban J connectivity index is 2.01. The van der Waals surface area contributed by atoms with Crippen LogP contribution in [0.3, 0.4) is 0 Å². The molecule has 2 aromatic carbocycles. The molecule has 114 valence electrons. The van der Waals surface area contributed by atoms with Gasteiger partial charge < -0.3 is 15.4 Å². The highest BCUT2D eigenvalue weighted by atomic mass is 35.5. The summed E-state index contributed by atoms with van der Waals surface area (Å²) in [6.07, 6.45) is -0.676. The Kier molecular flexibility index (Phi) is 5.21. The second-order valence-electron chi connectivity index (χ2n) is 4.23. The Morgan fingerprint density at radius 2 is 1.82 bits per heavy atom. The third kappa shape index (κ3) is 4.39. The Hall–Kier alpha value is -2.73. The highest BCUT2D eigenvalue weighted by Crippen LogP contribution is 2.22. The van der Waals surface area contributed by atoms with Gasteiger partial charge in [-0.3, -0.25) is 5.32 Å². The molecule has 0 saturated heterocycles. The van der Waals surface area contributed by atoms with Crippen LogP contribution in [0.1, 0.15) is 0 Å². The van der Waals surface area contributed by atoms with E-state index in [1.807, 2.05) is 0 Å². The van der Waals surface area contributed by atoms with Crippen molar-refractivity contribution in [3.05, 3.63) is 53.6 Å². The van der Waals surface area contributed by atoms with Crippen LogP contribution in [0.25, 0.3) is 0 Å². The number of anilines is 2. The Bertz CT molecular complexity index is 691. The SMILES string of the molecule is CNC(=O)Nc1cccc(OC(=O)Nc2ccccc2Cl)c1. The lowest BCUT2D eigenvalue weighted by atomic mass is 10.3. The molecule has 0 saturated carbocycles. The predicted octanol–water partition coefficient (Wildman–Crippen LogP) is 3.70. The molecule has 0 unspecified atom stereocenters. The van der Waals surface area contributed by atoms with Crippen LogP contribution in [0.5, 0.6) is 5.75 Å². The van der Waals surface area contributed by atoms with E-state index in [2.05, 4.69) is 16.0 Å². The van der Waals surface area contributed by atoms with Crippen molar-refractivity contribution >= 4 is 35.1 Å². The van der Waals surface area contributed by atoms with Gasteiger partial charge in [0.05, 0.1) is 10.7 Å². The molecule has 0 spiro atoms. The summed E-state index contributed by atoms with van der Waals surface area (Å²) in [5, 5.41) is 7.96. The van der Waals surface area contributed by atoms with E-state index in [1.54, 1.807) is 42.5 Å². The van der Waals surface area contributed by atoms with E-state index in [1.165, 1.54) is 13.1 Å². The van der Waals surface area contributed by atoms with Crippen LogP contribution in [0, 0.1) is 0 Å². The lowest BCUT2D eigenvalue weighted by molar-refractivity contribution is 0.215. The van der Waals surface area contributed by atoms with Gasteiger partial charge in [0.15, 0.2) is 0 Å². The molecule has 0 bridgehead atoms.